The molecular weight excluding hydrogens is 1180 g/mol. The van der Waals surface area contributed by atoms with E-state index in [0.717, 1.165) is 0 Å². The zero-order valence-electron chi connectivity index (χ0n) is 49.7. The van der Waals surface area contributed by atoms with Crippen LogP contribution in [0.3, 0.4) is 0 Å². The van der Waals surface area contributed by atoms with E-state index in [0.29, 0.717) is 41.3 Å². The topological polar surface area (TPSA) is 451 Å². The third-order valence-corrected chi connectivity index (χ3v) is 16.3. The number of aliphatic hydroxyl groups is 1. The van der Waals surface area contributed by atoms with E-state index in [1.54, 1.807) is 81.6 Å². The van der Waals surface area contributed by atoms with Crippen LogP contribution in [0.1, 0.15) is 96.1 Å². The lowest BCUT2D eigenvalue weighted by Crippen LogP contribution is -2.61. The van der Waals surface area contributed by atoms with Crippen LogP contribution in [-0.2, 0) is 65.6 Å². The Balaban J connectivity index is 1.43. The standard InChI is InChI=1S/C58H85N15O13S2/c1-4-13-38(49(77)70-43(30-88)57(85)86)67-54(82)47(31(3)5-2)71-53(81)45-26-34(74)28-73(45)56(84)44-19-12-23-72(44)55(83)42(24-32-14-7-6-8-15-32)69-52(80)41(25-33-27-64-37-17-10-9-16-35(33)37)68-51(79)40(20-21-46(60)75)66-50(78)39(18-11-22-63-58(61)62)65-48(76)36(59)29-87/h6-10,14-17,27,31,34,36,38-45,47,64,74,87-88H,4-5,11-13,18-26,28-30,59H2,1-3H3,(H2,60,75)(H,65,76)(H,66,78)(H,67,82)(H,68,79)(H,69,80)(H,70,77)(H,71,81)(H,85,86)(H4,61,62,63)/t31-,34+,36-,38-,39-,40-,41-,42-,43-,44-,45-,47-/m0/s1. The largest absolute Gasteiger partial charge is 0.480 e. The zero-order valence-corrected chi connectivity index (χ0v) is 51.4. The van der Waals surface area contributed by atoms with E-state index in [9.17, 15) is 53.4 Å². The second-order valence-electron chi connectivity index (χ2n) is 22.1. The van der Waals surface area contributed by atoms with Gasteiger partial charge in [0.05, 0.1) is 12.1 Å². The third-order valence-electron chi connectivity index (χ3n) is 15.5. The first-order chi connectivity index (χ1) is 41.9. The van der Waals surface area contributed by atoms with Crippen LogP contribution >= 0.6 is 25.3 Å². The van der Waals surface area contributed by atoms with Gasteiger partial charge in [-0.05, 0) is 61.6 Å². The van der Waals surface area contributed by atoms with Gasteiger partial charge in [-0.1, -0.05) is 82.1 Å². The zero-order chi connectivity index (χ0) is 64.8. The van der Waals surface area contributed by atoms with Crippen molar-refractivity contribution in [3.8, 4) is 0 Å². The molecule has 0 spiro atoms. The van der Waals surface area contributed by atoms with E-state index in [1.165, 1.54) is 9.80 Å². The van der Waals surface area contributed by atoms with Crippen molar-refractivity contribution in [3.63, 3.8) is 0 Å². The number of carboxylic acids is 1. The number of aromatic amines is 1. The number of nitrogens with zero attached hydrogens (tertiary/aromatic N) is 3. The SMILES string of the molecule is CCC[C@H](NC(=O)[C@@H](NC(=O)[C@@H]1C[C@@H](O)CN1C(=O)[C@@H]1CCCN1C(=O)[C@H](Cc1ccccc1)NC(=O)[C@H](Cc1c[nH]c2ccccc12)NC(=O)[C@H](CCC(N)=O)NC(=O)[C@H](CCCN=C(N)N)NC(=O)[C@@H](N)CS)[C@@H](C)CC)C(=O)N[C@@H](CS)C(=O)O. The molecule has 3 heterocycles. The van der Waals surface area contributed by atoms with Crippen LogP contribution in [0, 0.1) is 5.92 Å². The molecule has 10 amide bonds. The highest BCUT2D eigenvalue weighted by molar-refractivity contribution is 7.80. The van der Waals surface area contributed by atoms with Crippen LogP contribution < -0.4 is 60.2 Å². The molecule has 2 aliphatic rings. The Morgan fingerprint density at radius 3 is 1.91 bits per heavy atom. The number of aliphatic hydroxyl groups excluding tert-OH is 1. The molecule has 1 aromatic heterocycles. The van der Waals surface area contributed by atoms with Crippen LogP contribution in [0.25, 0.3) is 10.9 Å². The summed E-state index contributed by atoms with van der Waals surface area (Å²) in [6, 6.07) is 2.80. The molecule has 2 aromatic carbocycles. The molecule has 5 rings (SSSR count). The van der Waals surface area contributed by atoms with Gasteiger partial charge in [0.2, 0.25) is 59.1 Å². The number of nitrogens with two attached hydrogens (primary N) is 4. The van der Waals surface area contributed by atoms with E-state index in [1.807, 2.05) is 0 Å². The highest BCUT2D eigenvalue weighted by Gasteiger charge is 2.47. The maximum Gasteiger partial charge on any atom is 0.327 e. The molecule has 482 valence electrons. The lowest BCUT2D eigenvalue weighted by molar-refractivity contribution is -0.148. The van der Waals surface area contributed by atoms with E-state index in [2.05, 4.69) is 72.5 Å². The molecule has 3 aromatic rings. The number of carbonyl (C=O) groups excluding carboxylic acids is 10. The summed E-state index contributed by atoms with van der Waals surface area (Å²) in [6.45, 7) is 5.07. The number of primary amides is 1. The molecule has 0 radical (unpaired) electrons. The first-order valence-corrected chi connectivity index (χ1v) is 30.7. The van der Waals surface area contributed by atoms with Gasteiger partial charge in [0.15, 0.2) is 5.96 Å². The summed E-state index contributed by atoms with van der Waals surface area (Å²) in [7, 11) is 0. The Morgan fingerprint density at radius 1 is 0.693 bits per heavy atom. The Morgan fingerprint density at radius 2 is 1.28 bits per heavy atom. The fraction of sp³-hybridized carbons (Fsp3) is 0.552. The second kappa shape index (κ2) is 34.5. The minimum Gasteiger partial charge on any atom is -0.480 e. The summed E-state index contributed by atoms with van der Waals surface area (Å²) in [5.41, 5.74) is 24.3. The molecule has 88 heavy (non-hydrogen) atoms. The van der Waals surface area contributed by atoms with Crippen molar-refractivity contribution in [1.29, 1.82) is 0 Å². The monoisotopic (exact) mass is 1260 g/mol. The van der Waals surface area contributed by atoms with Crippen molar-refractivity contribution >= 4 is 107 Å². The van der Waals surface area contributed by atoms with Gasteiger partial charge in [-0.25, -0.2) is 4.79 Å². The predicted molar refractivity (Wildman–Crippen MR) is 333 cm³/mol. The summed E-state index contributed by atoms with van der Waals surface area (Å²) in [6.07, 6.45) is 0.766. The number of para-hydroxylation sites is 1. The maximum absolute atomic E-state index is 15.2. The quantitative estimate of drug-likeness (QED) is 0.0130. The number of likely N-dealkylation sites (tertiary alicyclic amines) is 2. The molecule has 18 N–H and O–H groups in total. The van der Waals surface area contributed by atoms with Crippen LogP contribution in [0.5, 0.6) is 0 Å². The number of β-amino-alcohol motifs (C(OH)–C–C–N with tert-alkyl or cyclic N) is 1. The molecular formula is C58H85N15O13S2. The number of hydrogen-bond donors (Lipinski definition) is 16. The van der Waals surface area contributed by atoms with E-state index in [4.69, 9.17) is 22.9 Å². The minimum atomic E-state index is -1.53. The summed E-state index contributed by atoms with van der Waals surface area (Å²) in [4.78, 5) is 162. The smallest absolute Gasteiger partial charge is 0.327 e. The molecule has 2 fully saturated rings. The first kappa shape index (κ1) is 70.8. The molecule has 0 bridgehead atoms. The van der Waals surface area contributed by atoms with Crippen molar-refractivity contribution in [2.45, 2.75) is 164 Å². The highest BCUT2D eigenvalue weighted by Crippen LogP contribution is 2.28. The Hall–Kier alpha value is -7.96. The van der Waals surface area contributed by atoms with Crippen molar-refractivity contribution in [2.75, 3.05) is 31.1 Å². The minimum absolute atomic E-state index is 0.0275. The molecule has 2 aliphatic heterocycles. The third kappa shape index (κ3) is 20.3. The number of amides is 10. The normalized spacial score (nSPS) is 18.6. The number of aromatic nitrogens is 1. The fourth-order valence-electron chi connectivity index (χ4n) is 10.5. The first-order valence-electron chi connectivity index (χ1n) is 29.5. The van der Waals surface area contributed by atoms with Crippen molar-refractivity contribution in [3.05, 3.63) is 71.9 Å². The number of nitrogens with one attached hydrogen (secondary N) is 8. The number of benzene rings is 2. The number of aliphatic carboxylic acids is 1. The lowest BCUT2D eigenvalue weighted by Gasteiger charge is -2.34. The summed E-state index contributed by atoms with van der Waals surface area (Å²) in [5.74, 6) is -10.2. The van der Waals surface area contributed by atoms with E-state index >= 15 is 9.59 Å². The number of aliphatic imine (C=N–C) groups is 1. The lowest BCUT2D eigenvalue weighted by atomic mass is 9.97. The summed E-state index contributed by atoms with van der Waals surface area (Å²) in [5, 5.41) is 39.8. The van der Waals surface area contributed by atoms with Crippen molar-refractivity contribution in [2.24, 2.45) is 33.8 Å². The Bertz CT molecular complexity index is 2970. The van der Waals surface area contributed by atoms with Gasteiger partial charge in [-0.3, -0.25) is 52.9 Å². The number of rotatable bonds is 34. The van der Waals surface area contributed by atoms with Gasteiger partial charge < -0.3 is 85.1 Å². The van der Waals surface area contributed by atoms with Crippen LogP contribution in [0.4, 0.5) is 0 Å². The van der Waals surface area contributed by atoms with Crippen LogP contribution in [0.2, 0.25) is 0 Å². The average molecular weight is 1260 g/mol. The van der Waals surface area contributed by atoms with Gasteiger partial charge in [0.25, 0.3) is 0 Å². The van der Waals surface area contributed by atoms with Crippen molar-refractivity contribution < 1.29 is 63.0 Å². The number of guanidine groups is 1. The molecule has 0 aliphatic carbocycles. The van der Waals surface area contributed by atoms with Gasteiger partial charge >= 0.3 is 5.97 Å². The van der Waals surface area contributed by atoms with E-state index < -0.39 is 144 Å². The fourth-order valence-corrected chi connectivity index (χ4v) is 10.9. The second-order valence-corrected chi connectivity index (χ2v) is 22.9. The molecule has 12 atom stereocenters. The predicted octanol–water partition coefficient (Wildman–Crippen LogP) is -2.26. The van der Waals surface area contributed by atoms with Crippen molar-refractivity contribution in [1.82, 2.24) is 52.0 Å². The average Bonchev–Trinajstić information content (AvgIpc) is 2.74. The molecule has 0 saturated carbocycles. The van der Waals surface area contributed by atoms with Gasteiger partial charge in [0.1, 0.15) is 54.4 Å². The van der Waals surface area contributed by atoms with Gasteiger partial charge in [-0.2, -0.15) is 25.3 Å². The number of hydrogen-bond acceptors (Lipinski definition) is 16. The summed E-state index contributed by atoms with van der Waals surface area (Å²) < 4.78 is 0. The maximum atomic E-state index is 15.2. The number of carbonyl (C=O) groups is 11. The number of carboxylic acid groups (broad SMARTS) is 1. The van der Waals surface area contributed by atoms with Crippen LogP contribution in [0.15, 0.2) is 65.8 Å². The Kier molecular flexibility index (Phi) is 27.8. The van der Waals surface area contributed by atoms with Crippen LogP contribution in [-0.4, -0.2) is 194 Å². The summed E-state index contributed by atoms with van der Waals surface area (Å²) >= 11 is 8.09. The molecule has 2 saturated heterocycles. The number of fused-ring (bicyclic) bond motifs is 1. The van der Waals surface area contributed by atoms with Gasteiger partial charge in [0, 0.05) is 73.9 Å². The number of H-pyrrole nitrogens is 1. The Labute approximate surface area is 521 Å². The molecule has 0 unspecified atom stereocenters. The highest BCUT2D eigenvalue weighted by atomic mass is 32.1. The number of thiol groups is 2. The van der Waals surface area contributed by atoms with Gasteiger partial charge in [-0.15, -0.1) is 0 Å². The molecule has 30 heteroatoms. The molecule has 28 nitrogen and oxygen atoms in total. The van der Waals surface area contributed by atoms with E-state index in [-0.39, 0.29) is 88.5 Å².